The molecule has 1 aromatic heterocycles. The summed E-state index contributed by atoms with van der Waals surface area (Å²) >= 11 is 0. The molecule has 78 valence electrons. The highest BCUT2D eigenvalue weighted by Gasteiger charge is 2.15. The molecule has 0 atom stereocenters. The van der Waals surface area contributed by atoms with Crippen molar-refractivity contribution in [1.82, 2.24) is 0 Å². The third-order valence-electron chi connectivity index (χ3n) is 2.13. The molecular formula is C10H6N4O2. The Morgan fingerprint density at radius 2 is 2.06 bits per heavy atom. The van der Waals surface area contributed by atoms with Crippen LogP contribution in [0.25, 0.3) is 10.9 Å². The lowest BCUT2D eigenvalue weighted by Crippen LogP contribution is -2.26. The summed E-state index contributed by atoms with van der Waals surface area (Å²) in [6.07, 6.45) is 2.60. The van der Waals surface area contributed by atoms with Crippen LogP contribution in [0.1, 0.15) is 0 Å². The van der Waals surface area contributed by atoms with E-state index in [4.69, 9.17) is 5.26 Å². The van der Waals surface area contributed by atoms with Crippen molar-refractivity contribution < 1.29 is 9.59 Å². The molecule has 1 heterocycles. The van der Waals surface area contributed by atoms with Gasteiger partial charge < -0.3 is 10.4 Å². The normalized spacial score (nSPS) is 11.3. The molecule has 1 aromatic carbocycles. The maximum Gasteiger partial charge on any atom is 0.274 e. The molecule has 0 aliphatic carbocycles. The number of aromatic nitrogens is 1. The van der Waals surface area contributed by atoms with Crippen molar-refractivity contribution >= 4 is 16.6 Å². The Morgan fingerprint density at radius 1 is 1.31 bits per heavy atom. The van der Waals surface area contributed by atoms with E-state index in [1.54, 1.807) is 24.3 Å². The number of benzene rings is 1. The lowest BCUT2D eigenvalue weighted by molar-refractivity contribution is -0.577. The fourth-order valence-electron chi connectivity index (χ4n) is 1.45. The number of nitrogens with zero attached hydrogens (tertiary/aromatic N) is 4. The topological polar surface area (TPSA) is 89.2 Å². The van der Waals surface area contributed by atoms with Crippen molar-refractivity contribution in [3.05, 3.63) is 46.9 Å². The van der Waals surface area contributed by atoms with Crippen molar-refractivity contribution in [2.75, 3.05) is 0 Å². The van der Waals surface area contributed by atoms with Gasteiger partial charge in [0.05, 0.1) is 11.2 Å². The first-order valence-corrected chi connectivity index (χ1v) is 4.42. The summed E-state index contributed by atoms with van der Waals surface area (Å²) < 4.78 is 0.652. The summed E-state index contributed by atoms with van der Waals surface area (Å²) in [7, 11) is 0. The minimum absolute atomic E-state index is 0.171. The van der Waals surface area contributed by atoms with E-state index >= 15 is 0 Å². The molecule has 0 unspecified atom stereocenters. The van der Waals surface area contributed by atoms with Crippen LogP contribution >= 0.6 is 0 Å². The minimum atomic E-state index is 0.171. The molecule has 0 N–H and O–H groups in total. The fourth-order valence-corrected chi connectivity index (χ4v) is 1.45. The maximum absolute atomic E-state index is 11.4. The predicted molar refractivity (Wildman–Crippen MR) is 54.2 cm³/mol. The molecular weight excluding hydrogens is 208 g/mol. The zero-order valence-electron chi connectivity index (χ0n) is 8.07. The fraction of sp³-hybridized carbons (Fsp3) is 0. The molecule has 0 radical (unpaired) electrons. The van der Waals surface area contributed by atoms with Gasteiger partial charge in [0, 0.05) is 6.07 Å². The van der Waals surface area contributed by atoms with Gasteiger partial charge >= 0.3 is 0 Å². The number of hydrogen-bond acceptors (Lipinski definition) is 4. The maximum atomic E-state index is 11.4. The van der Waals surface area contributed by atoms with Gasteiger partial charge in [-0.15, -0.1) is 0 Å². The van der Waals surface area contributed by atoms with Crippen LogP contribution in [0.15, 0.2) is 41.6 Å². The van der Waals surface area contributed by atoms with E-state index in [2.05, 4.69) is 5.11 Å². The highest BCUT2D eigenvalue weighted by atomic mass is 16.5. The third-order valence-corrected chi connectivity index (χ3v) is 2.13. The molecule has 2 aromatic rings. The second-order valence-corrected chi connectivity index (χ2v) is 3.02. The number of pyridine rings is 1. The first kappa shape index (κ1) is 9.86. The van der Waals surface area contributed by atoms with E-state index in [-0.39, 0.29) is 10.5 Å². The van der Waals surface area contributed by atoms with Gasteiger partial charge in [-0.05, 0) is 10.9 Å². The zero-order valence-corrected chi connectivity index (χ0v) is 8.07. The van der Waals surface area contributed by atoms with E-state index in [0.29, 0.717) is 15.6 Å². The third kappa shape index (κ3) is 1.50. The van der Waals surface area contributed by atoms with Crippen molar-refractivity contribution in [2.24, 2.45) is 5.11 Å². The van der Waals surface area contributed by atoms with Crippen LogP contribution < -0.4 is 4.73 Å². The SMILES string of the molecule is N#CN=[N+]([O-])c1cc[n+]([O-])c2ccccc12. The number of azo groups is 1. The van der Waals surface area contributed by atoms with Crippen molar-refractivity contribution in [1.29, 1.82) is 5.26 Å². The highest BCUT2D eigenvalue weighted by Crippen LogP contribution is 2.22. The second kappa shape index (κ2) is 3.82. The average Bonchev–Trinajstić information content (AvgIpc) is 2.30. The second-order valence-electron chi connectivity index (χ2n) is 3.02. The molecule has 0 bridgehead atoms. The summed E-state index contributed by atoms with van der Waals surface area (Å²) in [5, 5.41) is 34.6. The summed E-state index contributed by atoms with van der Waals surface area (Å²) in [6, 6.07) is 7.93. The Labute approximate surface area is 90.5 Å². The molecule has 6 nitrogen and oxygen atoms in total. The van der Waals surface area contributed by atoms with Crippen LogP contribution in [0, 0.1) is 21.9 Å². The molecule has 6 heteroatoms. The Balaban J connectivity index is 2.78. The standard InChI is InChI=1S/C10H6N4O2/c11-7-12-14(16)10-5-6-13(15)9-4-2-1-3-8(9)10/h1-6H. The smallest absolute Gasteiger partial charge is 0.274 e. The number of hydrogen-bond donors (Lipinski definition) is 0. The first-order chi connectivity index (χ1) is 7.74. The minimum Gasteiger partial charge on any atom is -0.618 e. The molecule has 0 aliphatic heterocycles. The van der Waals surface area contributed by atoms with Crippen molar-refractivity contribution in [3.63, 3.8) is 0 Å². The number of fused-ring (bicyclic) bond motifs is 1. The van der Waals surface area contributed by atoms with Gasteiger partial charge in [0.2, 0.25) is 5.52 Å². The lowest BCUT2D eigenvalue weighted by atomic mass is 10.2. The molecule has 0 saturated heterocycles. The van der Waals surface area contributed by atoms with Crippen molar-refractivity contribution in [2.45, 2.75) is 0 Å². The monoisotopic (exact) mass is 214 g/mol. The van der Waals surface area contributed by atoms with E-state index in [9.17, 15) is 10.4 Å². The molecule has 0 fully saturated rings. The van der Waals surface area contributed by atoms with Gasteiger partial charge in [-0.3, -0.25) is 0 Å². The van der Waals surface area contributed by atoms with E-state index in [1.165, 1.54) is 18.5 Å². The van der Waals surface area contributed by atoms with Crippen LogP contribution in [0.2, 0.25) is 0 Å². The van der Waals surface area contributed by atoms with Gasteiger partial charge in [0.15, 0.2) is 6.20 Å². The average molecular weight is 214 g/mol. The van der Waals surface area contributed by atoms with Gasteiger partial charge in [0.25, 0.3) is 11.9 Å². The van der Waals surface area contributed by atoms with Crippen LogP contribution in [-0.2, 0) is 0 Å². The number of para-hydroxylation sites is 1. The number of rotatable bonds is 1. The quantitative estimate of drug-likeness (QED) is 0.237. The summed E-state index contributed by atoms with van der Waals surface area (Å²) in [6.45, 7) is 0. The van der Waals surface area contributed by atoms with Crippen LogP contribution in [0.3, 0.4) is 0 Å². The summed E-state index contributed by atoms with van der Waals surface area (Å²) in [5.74, 6) is 0. The first-order valence-electron chi connectivity index (χ1n) is 4.42. The molecule has 0 amide bonds. The Morgan fingerprint density at radius 3 is 2.81 bits per heavy atom. The Kier molecular flexibility index (Phi) is 2.36. The Bertz CT molecular complexity index is 616. The van der Waals surface area contributed by atoms with Gasteiger partial charge in [-0.25, -0.2) is 0 Å². The van der Waals surface area contributed by atoms with Gasteiger partial charge in [0.1, 0.15) is 5.39 Å². The van der Waals surface area contributed by atoms with Gasteiger partial charge in [-0.2, -0.15) is 9.99 Å². The molecule has 2 rings (SSSR count). The summed E-state index contributed by atoms with van der Waals surface area (Å²) in [5.41, 5.74) is 0.526. The molecule has 0 saturated carbocycles. The number of nitriles is 1. The van der Waals surface area contributed by atoms with Crippen molar-refractivity contribution in [3.8, 4) is 6.19 Å². The van der Waals surface area contributed by atoms with E-state index in [0.717, 1.165) is 0 Å². The summed E-state index contributed by atoms with van der Waals surface area (Å²) in [4.78, 5) is 0.197. The van der Waals surface area contributed by atoms with Gasteiger partial charge in [-0.1, -0.05) is 12.1 Å². The highest BCUT2D eigenvalue weighted by molar-refractivity contribution is 5.85. The lowest BCUT2D eigenvalue weighted by Gasteiger charge is -2.03. The van der Waals surface area contributed by atoms with Crippen LogP contribution in [-0.4, -0.2) is 4.86 Å². The largest absolute Gasteiger partial charge is 0.618 e. The van der Waals surface area contributed by atoms with E-state index in [1.807, 2.05) is 0 Å². The molecule has 0 aliphatic rings. The van der Waals surface area contributed by atoms with Crippen LogP contribution in [0.5, 0.6) is 0 Å². The molecule has 0 spiro atoms. The van der Waals surface area contributed by atoms with E-state index < -0.39 is 0 Å². The Hall–Kier alpha value is -2.68. The molecule has 16 heavy (non-hydrogen) atoms. The van der Waals surface area contributed by atoms with Crippen LogP contribution in [0.4, 0.5) is 5.69 Å². The zero-order chi connectivity index (χ0) is 11.5. The predicted octanol–water partition coefficient (Wildman–Crippen LogP) is 1.55.